The number of benzene rings is 1. The van der Waals surface area contributed by atoms with Crippen LogP contribution < -0.4 is 22.5 Å². The average molecular weight is 551 g/mol. The number of nitrogens with two attached hydrogens (primary N) is 3. The highest BCUT2D eigenvalue weighted by Crippen LogP contribution is 2.21. The Labute approximate surface area is 212 Å². The number of hydrogen-bond acceptors (Lipinski definition) is 7. The molecule has 0 radical (unpaired) electrons. The maximum Gasteiger partial charge on any atom is 0.407 e. The molecule has 1 aromatic carbocycles. The van der Waals surface area contributed by atoms with E-state index in [9.17, 15) is 37.1 Å². The predicted octanol–water partition coefficient (Wildman–Crippen LogP) is 1.44. The van der Waals surface area contributed by atoms with Crippen LogP contribution >= 0.6 is 12.4 Å². The fraction of sp³-hybridized carbons (Fsp3) is 0.571. The first-order valence-electron chi connectivity index (χ1n) is 9.86. The van der Waals surface area contributed by atoms with Crippen molar-refractivity contribution in [1.82, 2.24) is 5.32 Å². The highest BCUT2D eigenvalue weighted by Gasteiger charge is 2.35. The van der Waals surface area contributed by atoms with E-state index < -0.39 is 66.9 Å². The number of amides is 3. The molecule has 0 heterocycles. The van der Waals surface area contributed by atoms with Gasteiger partial charge in [-0.25, -0.2) is 22.4 Å². The van der Waals surface area contributed by atoms with E-state index in [1.54, 1.807) is 30.3 Å². The van der Waals surface area contributed by atoms with Crippen molar-refractivity contribution in [2.45, 2.75) is 76.9 Å². The number of carbonyl (C=O) groups is 3. The van der Waals surface area contributed by atoms with E-state index in [4.69, 9.17) is 21.3 Å². The quantitative estimate of drug-likeness (QED) is 0.224. The third kappa shape index (κ3) is 17.7. The van der Waals surface area contributed by atoms with Gasteiger partial charge in [0, 0.05) is 18.9 Å². The first kappa shape index (κ1) is 37.9. The first-order chi connectivity index (χ1) is 15.4. The Kier molecular flexibility index (Phi) is 17.8. The molecule has 4 atom stereocenters. The molecule has 0 saturated heterocycles. The molecular formula is C21H35ClF4N4O6. The second-order valence-corrected chi connectivity index (χ2v) is 7.72. The van der Waals surface area contributed by atoms with Crippen LogP contribution in [0.15, 0.2) is 30.3 Å². The van der Waals surface area contributed by atoms with Crippen LogP contribution in [0.25, 0.3) is 0 Å². The molecule has 0 aliphatic carbocycles. The molecule has 210 valence electrons. The SMILES string of the molecule is C.CC(F)(F)CC(N)C(O)C(N)=O.CC(F)(F)CC(NC(=O)OCc1ccccc1)C(O)C(N)=O.Cl. The molecule has 1 aromatic rings. The molecular weight excluding hydrogens is 516 g/mol. The summed E-state index contributed by atoms with van der Waals surface area (Å²) in [6, 6.07) is 5.84. The van der Waals surface area contributed by atoms with Gasteiger partial charge < -0.3 is 37.5 Å². The van der Waals surface area contributed by atoms with Crippen molar-refractivity contribution in [3.8, 4) is 0 Å². The van der Waals surface area contributed by atoms with Crippen molar-refractivity contribution in [1.29, 1.82) is 0 Å². The van der Waals surface area contributed by atoms with E-state index in [1.807, 2.05) is 5.32 Å². The second-order valence-electron chi connectivity index (χ2n) is 7.72. The number of hydrogen-bond donors (Lipinski definition) is 6. The van der Waals surface area contributed by atoms with E-state index in [0.29, 0.717) is 19.4 Å². The fourth-order valence-electron chi connectivity index (χ4n) is 2.48. The number of primary amides is 2. The van der Waals surface area contributed by atoms with Crippen LogP contribution in [0.1, 0.15) is 39.7 Å². The molecule has 3 amide bonds. The molecule has 15 heteroatoms. The minimum atomic E-state index is -3.20. The minimum absolute atomic E-state index is 0. The number of alkyl halides is 4. The van der Waals surface area contributed by atoms with Gasteiger partial charge in [0.2, 0.25) is 23.7 Å². The summed E-state index contributed by atoms with van der Waals surface area (Å²) in [5.41, 5.74) is 15.3. The largest absolute Gasteiger partial charge is 0.445 e. The molecule has 0 fully saturated rings. The van der Waals surface area contributed by atoms with Gasteiger partial charge in [-0.2, -0.15) is 0 Å². The Morgan fingerprint density at radius 2 is 1.39 bits per heavy atom. The van der Waals surface area contributed by atoms with Gasteiger partial charge in [0.15, 0.2) is 6.10 Å². The number of halogens is 5. The number of aliphatic hydroxyl groups is 2. The highest BCUT2D eigenvalue weighted by molar-refractivity contribution is 5.85. The lowest BCUT2D eigenvalue weighted by atomic mass is 10.0. The molecule has 0 aliphatic heterocycles. The van der Waals surface area contributed by atoms with Gasteiger partial charge in [-0.1, -0.05) is 37.8 Å². The van der Waals surface area contributed by atoms with E-state index in [-0.39, 0.29) is 26.4 Å². The van der Waals surface area contributed by atoms with E-state index >= 15 is 0 Å². The lowest BCUT2D eigenvalue weighted by Crippen LogP contribution is -2.51. The summed E-state index contributed by atoms with van der Waals surface area (Å²) in [7, 11) is 0. The third-order valence-electron chi connectivity index (χ3n) is 4.06. The lowest BCUT2D eigenvalue weighted by Gasteiger charge is -2.24. The van der Waals surface area contributed by atoms with Crippen LogP contribution in [0.4, 0.5) is 22.4 Å². The molecule has 1 rings (SSSR count). The standard InChI is InChI=1S/C14H18F2N2O4.C6H12F2N2O2.CH4.ClH/c1-14(15,16)7-10(11(19)12(17)20)18-13(21)22-8-9-5-3-2-4-6-9;1-6(7,8)2-3(9)4(11)5(10)12;;/h2-6,10-11,19H,7-8H2,1H3,(H2,17,20)(H,18,21);3-4,11H,2,9H2,1H3,(H2,10,12);1H4;1H. The van der Waals surface area contributed by atoms with Crippen LogP contribution in [0.3, 0.4) is 0 Å². The lowest BCUT2D eigenvalue weighted by molar-refractivity contribution is -0.129. The molecule has 0 saturated carbocycles. The molecule has 10 nitrogen and oxygen atoms in total. The summed E-state index contributed by atoms with van der Waals surface area (Å²) in [4.78, 5) is 32.8. The smallest absolute Gasteiger partial charge is 0.407 e. The summed E-state index contributed by atoms with van der Waals surface area (Å²) >= 11 is 0. The molecule has 0 aliphatic rings. The average Bonchev–Trinajstić information content (AvgIpc) is 2.69. The Bertz CT molecular complexity index is 797. The number of ether oxygens (including phenoxy) is 1. The van der Waals surface area contributed by atoms with Crippen LogP contribution in [-0.4, -0.2) is 64.3 Å². The summed E-state index contributed by atoms with van der Waals surface area (Å²) in [5, 5.41) is 20.4. The Hall–Kier alpha value is -2.68. The van der Waals surface area contributed by atoms with Crippen molar-refractivity contribution in [3.63, 3.8) is 0 Å². The van der Waals surface area contributed by atoms with Crippen LogP contribution in [0.2, 0.25) is 0 Å². The third-order valence-corrected chi connectivity index (χ3v) is 4.06. The number of rotatable bonds is 11. The molecule has 0 bridgehead atoms. The minimum Gasteiger partial charge on any atom is -0.445 e. The zero-order valence-corrected chi connectivity index (χ0v) is 19.8. The van der Waals surface area contributed by atoms with Crippen LogP contribution in [-0.2, 0) is 20.9 Å². The summed E-state index contributed by atoms with van der Waals surface area (Å²) < 4.78 is 55.4. The van der Waals surface area contributed by atoms with Crippen LogP contribution in [0, 0.1) is 0 Å². The zero-order chi connectivity index (χ0) is 26.7. The Balaban J connectivity index is -0.000000670. The molecule has 0 spiro atoms. The maximum atomic E-state index is 13.0. The molecule has 0 aromatic heterocycles. The van der Waals surface area contributed by atoms with Gasteiger partial charge in [0.05, 0.1) is 6.04 Å². The van der Waals surface area contributed by atoms with Crippen molar-refractivity contribution in [2.24, 2.45) is 17.2 Å². The van der Waals surface area contributed by atoms with Gasteiger partial charge in [-0.05, 0) is 19.4 Å². The number of carbonyl (C=O) groups excluding carboxylic acids is 3. The summed E-state index contributed by atoms with van der Waals surface area (Å²) in [6.07, 6.45) is -6.39. The van der Waals surface area contributed by atoms with Gasteiger partial charge in [0.1, 0.15) is 12.7 Å². The van der Waals surface area contributed by atoms with Gasteiger partial charge in [-0.15, -0.1) is 12.4 Å². The van der Waals surface area contributed by atoms with Crippen molar-refractivity contribution < 1.29 is 46.9 Å². The Morgan fingerprint density at radius 1 is 0.944 bits per heavy atom. The second kappa shape index (κ2) is 16.9. The fourth-order valence-corrected chi connectivity index (χ4v) is 2.48. The summed E-state index contributed by atoms with van der Waals surface area (Å²) in [6.45, 7) is 1.18. The Morgan fingerprint density at radius 3 is 1.78 bits per heavy atom. The van der Waals surface area contributed by atoms with Crippen molar-refractivity contribution in [3.05, 3.63) is 35.9 Å². The van der Waals surface area contributed by atoms with Crippen molar-refractivity contribution >= 4 is 30.3 Å². The first-order valence-corrected chi connectivity index (χ1v) is 9.86. The monoisotopic (exact) mass is 550 g/mol. The molecule has 36 heavy (non-hydrogen) atoms. The molecule has 9 N–H and O–H groups in total. The van der Waals surface area contributed by atoms with E-state index in [2.05, 4.69) is 5.73 Å². The zero-order valence-electron chi connectivity index (χ0n) is 19.0. The van der Waals surface area contributed by atoms with Crippen molar-refractivity contribution in [2.75, 3.05) is 0 Å². The molecule has 4 unspecified atom stereocenters. The number of alkyl carbamates (subject to hydrolysis) is 1. The number of aliphatic hydroxyl groups excluding tert-OH is 2. The van der Waals surface area contributed by atoms with Gasteiger partial charge >= 0.3 is 6.09 Å². The maximum absolute atomic E-state index is 13.0. The van der Waals surface area contributed by atoms with Gasteiger partial charge in [0.25, 0.3) is 0 Å². The number of nitrogens with one attached hydrogen (secondary N) is 1. The predicted molar refractivity (Wildman–Crippen MR) is 126 cm³/mol. The normalized spacial score (nSPS) is 14.2. The topological polar surface area (TPSA) is 191 Å². The van der Waals surface area contributed by atoms with E-state index in [1.165, 1.54) is 0 Å². The van der Waals surface area contributed by atoms with Crippen LogP contribution in [0.5, 0.6) is 0 Å². The van der Waals surface area contributed by atoms with Gasteiger partial charge in [-0.3, -0.25) is 9.59 Å². The highest BCUT2D eigenvalue weighted by atomic mass is 35.5. The summed E-state index contributed by atoms with van der Waals surface area (Å²) in [5.74, 6) is -8.51. The van der Waals surface area contributed by atoms with E-state index in [0.717, 1.165) is 0 Å².